The molecule has 0 aromatic rings. The molecule has 0 bridgehead atoms. The van der Waals surface area contributed by atoms with Crippen LogP contribution in [0.2, 0.25) is 0 Å². The Morgan fingerprint density at radius 1 is 0.750 bits per heavy atom. The summed E-state index contributed by atoms with van der Waals surface area (Å²) in [6.45, 7) is -1.24. The van der Waals surface area contributed by atoms with Gasteiger partial charge in [0.1, 0.15) is 48.8 Å². The van der Waals surface area contributed by atoms with Crippen molar-refractivity contribution in [3.8, 4) is 0 Å². The molecule has 11 heteroatoms. The van der Waals surface area contributed by atoms with Crippen LogP contribution in [-0.2, 0) is 18.9 Å². The highest BCUT2D eigenvalue weighted by Crippen LogP contribution is 2.29. The van der Waals surface area contributed by atoms with Crippen molar-refractivity contribution in [3.63, 3.8) is 0 Å². The van der Waals surface area contributed by atoms with Gasteiger partial charge in [0.05, 0.1) is 13.2 Å². The Morgan fingerprint density at radius 2 is 1.33 bits per heavy atom. The van der Waals surface area contributed by atoms with Crippen LogP contribution in [0.5, 0.6) is 0 Å². The number of ether oxygens (including phenoxy) is 4. The zero-order valence-electron chi connectivity index (χ0n) is 13.0. The first-order valence-electron chi connectivity index (χ1n) is 7.46. The average molecular weight is 356 g/mol. The summed E-state index contributed by atoms with van der Waals surface area (Å²) < 4.78 is 20.8. The number of aliphatic hydroxyl groups is 7. The second kappa shape index (κ2) is 8.29. The number of aliphatic hydroxyl groups excluding tert-OH is 7. The molecule has 7 N–H and O–H groups in total. The minimum absolute atomic E-state index is 0.608. The fourth-order valence-electron chi connectivity index (χ4n) is 2.81. The molecule has 2 saturated heterocycles. The number of hydrogen-bond donors (Lipinski definition) is 7. The van der Waals surface area contributed by atoms with Gasteiger partial charge in [0.2, 0.25) is 0 Å². The zero-order chi connectivity index (χ0) is 18.0. The van der Waals surface area contributed by atoms with Crippen molar-refractivity contribution in [2.24, 2.45) is 0 Å². The standard InChI is InChI=1S/C13H24O11/c1-21-11-7(17)6(16)4(2-14)23-13(11)24-10-5(3-15)22-12(20)9(19)8(10)18/h4-20H,2-3H2,1H3/t4?,5?,6-,7?,8?,9?,10-,11?,12+,13-/m0/s1. The lowest BCUT2D eigenvalue weighted by molar-refractivity contribution is -0.357. The maximum absolute atomic E-state index is 10.1. The van der Waals surface area contributed by atoms with Crippen molar-refractivity contribution in [3.05, 3.63) is 0 Å². The Morgan fingerprint density at radius 3 is 1.88 bits per heavy atom. The third-order valence-electron chi connectivity index (χ3n) is 4.23. The summed E-state index contributed by atoms with van der Waals surface area (Å²) in [5.74, 6) is 0. The Kier molecular flexibility index (Phi) is 6.87. The summed E-state index contributed by atoms with van der Waals surface area (Å²) in [5, 5.41) is 67.6. The molecule has 2 heterocycles. The van der Waals surface area contributed by atoms with Gasteiger partial charge >= 0.3 is 0 Å². The smallest absolute Gasteiger partial charge is 0.187 e. The minimum Gasteiger partial charge on any atom is -0.394 e. The van der Waals surface area contributed by atoms with Crippen LogP contribution in [0.1, 0.15) is 0 Å². The van der Waals surface area contributed by atoms with E-state index in [9.17, 15) is 35.7 Å². The molecular formula is C13H24O11. The van der Waals surface area contributed by atoms with Gasteiger partial charge in [-0.25, -0.2) is 0 Å². The van der Waals surface area contributed by atoms with Gasteiger partial charge in [-0.2, -0.15) is 0 Å². The fraction of sp³-hybridized carbons (Fsp3) is 1.00. The van der Waals surface area contributed by atoms with E-state index in [1.807, 2.05) is 0 Å². The van der Waals surface area contributed by atoms with Crippen molar-refractivity contribution < 1.29 is 54.7 Å². The highest BCUT2D eigenvalue weighted by Gasteiger charge is 2.50. The molecule has 0 radical (unpaired) electrons. The van der Waals surface area contributed by atoms with E-state index < -0.39 is 74.6 Å². The number of rotatable bonds is 5. The SMILES string of the molecule is COC1C(O)[C@@H](O)C(CO)O[C@H]1O[C@H]1C(CO)O[C@@H](O)C(O)C1O. The molecule has 2 fully saturated rings. The van der Waals surface area contributed by atoms with Gasteiger partial charge in [-0.15, -0.1) is 0 Å². The summed E-state index contributed by atoms with van der Waals surface area (Å²) in [5.41, 5.74) is 0. The molecule has 2 aliphatic heterocycles. The zero-order valence-corrected chi connectivity index (χ0v) is 13.0. The maximum atomic E-state index is 10.1. The van der Waals surface area contributed by atoms with Gasteiger partial charge in [0.15, 0.2) is 12.6 Å². The van der Waals surface area contributed by atoms with Crippen molar-refractivity contribution >= 4 is 0 Å². The molecule has 0 spiro atoms. The highest BCUT2D eigenvalue weighted by atomic mass is 16.7. The Hall–Kier alpha value is -0.440. The van der Waals surface area contributed by atoms with Crippen LogP contribution in [0.3, 0.4) is 0 Å². The van der Waals surface area contributed by atoms with E-state index in [0.29, 0.717) is 0 Å². The van der Waals surface area contributed by atoms with Crippen LogP contribution >= 0.6 is 0 Å². The van der Waals surface area contributed by atoms with E-state index in [1.54, 1.807) is 0 Å². The molecule has 0 amide bonds. The van der Waals surface area contributed by atoms with Crippen LogP contribution in [0.25, 0.3) is 0 Å². The summed E-state index contributed by atoms with van der Waals surface area (Å²) in [6, 6.07) is 0. The lowest BCUT2D eigenvalue weighted by Gasteiger charge is -2.46. The molecule has 0 aliphatic carbocycles. The Balaban J connectivity index is 2.16. The molecule has 0 aromatic heterocycles. The first-order valence-corrected chi connectivity index (χ1v) is 7.46. The largest absolute Gasteiger partial charge is 0.394 e. The predicted octanol–water partition coefficient (Wildman–Crippen LogP) is -4.74. The van der Waals surface area contributed by atoms with E-state index in [2.05, 4.69) is 0 Å². The van der Waals surface area contributed by atoms with Gasteiger partial charge in [0, 0.05) is 7.11 Å². The quantitative estimate of drug-likeness (QED) is 0.251. The van der Waals surface area contributed by atoms with E-state index in [4.69, 9.17) is 18.9 Å². The molecule has 11 nitrogen and oxygen atoms in total. The van der Waals surface area contributed by atoms with Gasteiger partial charge in [0.25, 0.3) is 0 Å². The minimum atomic E-state index is -1.71. The third kappa shape index (κ3) is 3.71. The van der Waals surface area contributed by atoms with Crippen molar-refractivity contribution in [1.29, 1.82) is 0 Å². The highest BCUT2D eigenvalue weighted by molar-refractivity contribution is 4.94. The Labute approximate surface area is 137 Å². The van der Waals surface area contributed by atoms with Gasteiger partial charge < -0.3 is 54.7 Å². The molecule has 6 unspecified atom stereocenters. The molecule has 0 aromatic carbocycles. The second-order valence-corrected chi connectivity index (χ2v) is 5.74. The lowest BCUT2D eigenvalue weighted by atomic mass is 9.97. The fourth-order valence-corrected chi connectivity index (χ4v) is 2.81. The molecule has 2 aliphatic rings. The first kappa shape index (κ1) is 19.9. The van der Waals surface area contributed by atoms with E-state index in [-0.39, 0.29) is 0 Å². The average Bonchev–Trinajstić information content (AvgIpc) is 2.58. The second-order valence-electron chi connectivity index (χ2n) is 5.74. The molecule has 2 rings (SSSR count). The summed E-state index contributed by atoms with van der Waals surface area (Å²) in [6.07, 6.45) is -14.1. The van der Waals surface area contributed by atoms with E-state index in [0.717, 1.165) is 0 Å². The van der Waals surface area contributed by atoms with Crippen LogP contribution < -0.4 is 0 Å². The molecule has 142 valence electrons. The topological polar surface area (TPSA) is 179 Å². The van der Waals surface area contributed by atoms with Crippen molar-refractivity contribution in [2.75, 3.05) is 20.3 Å². The monoisotopic (exact) mass is 356 g/mol. The predicted molar refractivity (Wildman–Crippen MR) is 73.4 cm³/mol. The van der Waals surface area contributed by atoms with E-state index in [1.165, 1.54) is 7.11 Å². The third-order valence-corrected chi connectivity index (χ3v) is 4.23. The van der Waals surface area contributed by atoms with Crippen LogP contribution in [-0.4, -0.2) is 117 Å². The van der Waals surface area contributed by atoms with Crippen LogP contribution in [0.4, 0.5) is 0 Å². The summed E-state index contributed by atoms with van der Waals surface area (Å²) in [4.78, 5) is 0. The first-order chi connectivity index (χ1) is 11.3. The summed E-state index contributed by atoms with van der Waals surface area (Å²) in [7, 11) is 1.23. The summed E-state index contributed by atoms with van der Waals surface area (Å²) >= 11 is 0. The maximum Gasteiger partial charge on any atom is 0.187 e. The van der Waals surface area contributed by atoms with Gasteiger partial charge in [-0.3, -0.25) is 0 Å². The lowest BCUT2D eigenvalue weighted by Crippen LogP contribution is -2.64. The van der Waals surface area contributed by atoms with Gasteiger partial charge in [-0.1, -0.05) is 0 Å². The van der Waals surface area contributed by atoms with Gasteiger partial charge in [-0.05, 0) is 0 Å². The Bertz CT molecular complexity index is 394. The van der Waals surface area contributed by atoms with Crippen molar-refractivity contribution in [1.82, 2.24) is 0 Å². The van der Waals surface area contributed by atoms with Crippen LogP contribution in [0, 0.1) is 0 Å². The number of hydrogen-bond acceptors (Lipinski definition) is 11. The van der Waals surface area contributed by atoms with Crippen molar-refractivity contribution in [2.45, 2.75) is 61.4 Å². The molecular weight excluding hydrogens is 332 g/mol. The molecule has 24 heavy (non-hydrogen) atoms. The molecule has 0 saturated carbocycles. The normalized spacial score (nSPS) is 50.0. The number of methoxy groups -OCH3 is 1. The molecule has 10 atom stereocenters. The van der Waals surface area contributed by atoms with Crippen LogP contribution in [0.15, 0.2) is 0 Å². The van der Waals surface area contributed by atoms with E-state index >= 15 is 0 Å².